The number of ketones is 1. The Morgan fingerprint density at radius 2 is 1.71 bits per heavy atom. The lowest BCUT2D eigenvalue weighted by Gasteiger charge is -2.07. The Labute approximate surface area is 92.9 Å². The van der Waals surface area contributed by atoms with Gasteiger partial charge in [0, 0.05) is 20.1 Å². The molecule has 0 fully saturated rings. The third kappa shape index (κ3) is 22.6. The van der Waals surface area contributed by atoms with Crippen molar-refractivity contribution < 1.29 is 10.9 Å². The summed E-state index contributed by atoms with van der Waals surface area (Å²) in [6.45, 7) is -0.327. The molecule has 1 unspecified atom stereocenters. The molecule has 0 radical (unpaired) electrons. The van der Waals surface area contributed by atoms with E-state index in [1.807, 2.05) is 19.0 Å². The molecular weight excluding hydrogens is 178 g/mol. The SMILES string of the molecule is C.C.C.C.[2H]C(OC)C(=O)CCN(C)C. The highest BCUT2D eigenvalue weighted by Gasteiger charge is 2.00. The van der Waals surface area contributed by atoms with Gasteiger partial charge in [-0.05, 0) is 14.1 Å². The van der Waals surface area contributed by atoms with Gasteiger partial charge in [-0.15, -0.1) is 0 Å². The second-order valence-corrected chi connectivity index (χ2v) is 2.37. The summed E-state index contributed by atoms with van der Waals surface area (Å²) in [7, 11) is 5.14. The van der Waals surface area contributed by atoms with Gasteiger partial charge in [0.25, 0.3) is 0 Å². The number of Topliss-reactive ketones (excluding diaryl/α,β-unsaturated/α-hetero) is 1. The Balaban J connectivity index is -0.0000000833. The fourth-order valence-corrected chi connectivity index (χ4v) is 0.524. The van der Waals surface area contributed by atoms with Gasteiger partial charge in [-0.25, -0.2) is 0 Å². The van der Waals surface area contributed by atoms with Crippen LogP contribution in [0.1, 0.15) is 37.5 Å². The first-order valence-corrected chi connectivity index (χ1v) is 3.20. The van der Waals surface area contributed by atoms with Crippen LogP contribution in [0.3, 0.4) is 0 Å². The Kier molecular flexibility index (Phi) is 30.8. The monoisotopic (exact) mass is 210 g/mol. The molecule has 0 bridgehead atoms. The molecule has 0 amide bonds. The van der Waals surface area contributed by atoms with Crippen LogP contribution in [0.2, 0.25) is 0 Å². The lowest BCUT2D eigenvalue weighted by atomic mass is 10.3. The molecule has 3 heteroatoms. The second kappa shape index (κ2) is 18.4. The van der Waals surface area contributed by atoms with Crippen molar-refractivity contribution >= 4 is 5.78 Å². The fourth-order valence-electron chi connectivity index (χ4n) is 0.524. The first kappa shape index (κ1) is 23.4. The summed E-state index contributed by atoms with van der Waals surface area (Å²) < 4.78 is 11.6. The summed E-state index contributed by atoms with van der Waals surface area (Å²) in [5.74, 6) is -0.166. The summed E-state index contributed by atoms with van der Waals surface area (Å²) >= 11 is 0. The minimum atomic E-state index is -1.00. The normalized spacial score (nSPS) is 10.7. The molecule has 0 rings (SSSR count). The van der Waals surface area contributed by atoms with Crippen LogP contribution in [0.25, 0.3) is 0 Å². The Hall–Kier alpha value is -0.410. The van der Waals surface area contributed by atoms with Gasteiger partial charge in [-0.2, -0.15) is 0 Å². The van der Waals surface area contributed by atoms with Crippen molar-refractivity contribution in [2.45, 2.75) is 36.1 Å². The van der Waals surface area contributed by atoms with E-state index in [0.717, 1.165) is 0 Å². The van der Waals surface area contributed by atoms with E-state index < -0.39 is 6.58 Å². The lowest BCUT2D eigenvalue weighted by molar-refractivity contribution is -0.122. The van der Waals surface area contributed by atoms with Crippen LogP contribution >= 0.6 is 0 Å². The van der Waals surface area contributed by atoms with E-state index in [2.05, 4.69) is 4.74 Å². The van der Waals surface area contributed by atoms with Crippen molar-refractivity contribution in [2.24, 2.45) is 0 Å². The molecule has 0 aromatic heterocycles. The van der Waals surface area contributed by atoms with Crippen molar-refractivity contribution in [1.29, 1.82) is 0 Å². The largest absolute Gasteiger partial charge is 0.377 e. The number of carbonyl (C=O) groups excluding carboxylic acids is 1. The highest BCUT2D eigenvalue weighted by atomic mass is 16.5. The quantitative estimate of drug-likeness (QED) is 0.699. The van der Waals surface area contributed by atoms with Crippen LogP contribution in [-0.2, 0) is 9.53 Å². The molecular formula is C11H31NO2. The van der Waals surface area contributed by atoms with Crippen LogP contribution in [0, 0.1) is 0 Å². The second-order valence-electron chi connectivity index (χ2n) is 2.37. The van der Waals surface area contributed by atoms with E-state index in [4.69, 9.17) is 1.37 Å². The van der Waals surface area contributed by atoms with Crippen molar-refractivity contribution in [3.63, 3.8) is 0 Å². The maximum Gasteiger partial charge on any atom is 0.159 e. The molecule has 0 aliphatic heterocycles. The van der Waals surface area contributed by atoms with E-state index in [1.165, 1.54) is 7.11 Å². The van der Waals surface area contributed by atoms with Crippen LogP contribution in [-0.4, -0.2) is 45.0 Å². The average molecular weight is 210 g/mol. The maximum atomic E-state index is 10.9. The predicted molar refractivity (Wildman–Crippen MR) is 67.0 cm³/mol. The minimum absolute atomic E-state index is 0. The Morgan fingerprint density at radius 1 is 1.29 bits per heavy atom. The van der Waals surface area contributed by atoms with Crippen LogP contribution in [0.15, 0.2) is 0 Å². The van der Waals surface area contributed by atoms with Gasteiger partial charge in [-0.3, -0.25) is 4.79 Å². The molecule has 0 aliphatic rings. The van der Waals surface area contributed by atoms with Gasteiger partial charge < -0.3 is 9.64 Å². The van der Waals surface area contributed by atoms with Gasteiger partial charge in [0.2, 0.25) is 0 Å². The molecule has 0 spiro atoms. The number of methoxy groups -OCH3 is 1. The molecule has 0 heterocycles. The third-order valence-corrected chi connectivity index (χ3v) is 1.05. The van der Waals surface area contributed by atoms with Crippen molar-refractivity contribution in [3.05, 3.63) is 0 Å². The molecule has 1 atom stereocenters. The molecule has 0 saturated carbocycles. The average Bonchev–Trinajstić information content (AvgIpc) is 1.98. The summed E-state index contributed by atoms with van der Waals surface area (Å²) in [5.41, 5.74) is 0. The zero-order valence-electron chi connectivity index (χ0n) is 7.76. The molecule has 92 valence electrons. The van der Waals surface area contributed by atoms with Gasteiger partial charge in [0.1, 0.15) is 6.58 Å². The summed E-state index contributed by atoms with van der Waals surface area (Å²) in [5, 5.41) is 0. The zero-order chi connectivity index (χ0) is 8.85. The summed E-state index contributed by atoms with van der Waals surface area (Å²) in [4.78, 5) is 12.8. The number of nitrogens with zero attached hydrogens (tertiary/aromatic N) is 1. The van der Waals surface area contributed by atoms with E-state index in [0.29, 0.717) is 13.0 Å². The number of hydrogen-bond acceptors (Lipinski definition) is 3. The number of rotatable bonds is 5. The molecule has 0 aromatic rings. The highest BCUT2D eigenvalue weighted by molar-refractivity contribution is 5.79. The Morgan fingerprint density at radius 3 is 2.00 bits per heavy atom. The van der Waals surface area contributed by atoms with Crippen LogP contribution in [0.5, 0.6) is 0 Å². The van der Waals surface area contributed by atoms with Gasteiger partial charge in [0.05, 0.1) is 1.37 Å². The molecule has 0 aliphatic carbocycles. The third-order valence-electron chi connectivity index (χ3n) is 1.05. The van der Waals surface area contributed by atoms with Crippen molar-refractivity contribution in [1.82, 2.24) is 4.90 Å². The predicted octanol–water partition coefficient (Wildman–Crippen LogP) is 2.70. The minimum Gasteiger partial charge on any atom is -0.377 e. The first-order chi connectivity index (χ1) is 5.07. The van der Waals surface area contributed by atoms with Crippen molar-refractivity contribution in [2.75, 3.05) is 34.3 Å². The first-order valence-electron chi connectivity index (χ1n) is 3.78. The van der Waals surface area contributed by atoms with Gasteiger partial charge in [0.15, 0.2) is 5.78 Å². The number of carbonyl (C=O) groups is 1. The molecule has 3 nitrogen and oxygen atoms in total. The molecule has 0 aromatic carbocycles. The standard InChI is InChI=1S/C7H15NO2.4CH4/c1-8(2)5-4-7(9)6-10-3;;;;/h4-6H2,1-3H3;4*1H4/i6D;;;;. The van der Waals surface area contributed by atoms with E-state index in [1.54, 1.807) is 0 Å². The Bertz CT molecular complexity index is 130. The van der Waals surface area contributed by atoms with E-state index >= 15 is 0 Å². The maximum absolute atomic E-state index is 10.9. The topological polar surface area (TPSA) is 29.5 Å². The van der Waals surface area contributed by atoms with Crippen LogP contribution < -0.4 is 0 Å². The summed E-state index contributed by atoms with van der Waals surface area (Å²) in [6.07, 6.45) is 0.384. The van der Waals surface area contributed by atoms with Gasteiger partial charge in [-0.1, -0.05) is 29.7 Å². The van der Waals surface area contributed by atoms with E-state index in [9.17, 15) is 4.79 Å². The van der Waals surface area contributed by atoms with E-state index in [-0.39, 0.29) is 35.5 Å². The smallest absolute Gasteiger partial charge is 0.159 e. The fraction of sp³-hybridized carbons (Fsp3) is 0.909. The zero-order valence-corrected chi connectivity index (χ0v) is 6.76. The molecule has 14 heavy (non-hydrogen) atoms. The number of ether oxygens (including phenoxy) is 1. The lowest BCUT2D eigenvalue weighted by Crippen LogP contribution is -2.18. The highest BCUT2D eigenvalue weighted by Crippen LogP contribution is 1.85. The summed E-state index contributed by atoms with van der Waals surface area (Å²) in [6, 6.07) is 0. The molecule has 0 N–H and O–H groups in total. The number of hydrogen-bond donors (Lipinski definition) is 0. The van der Waals surface area contributed by atoms with Crippen LogP contribution in [0.4, 0.5) is 0 Å². The van der Waals surface area contributed by atoms with Gasteiger partial charge >= 0.3 is 0 Å². The molecule has 0 saturated heterocycles. The van der Waals surface area contributed by atoms with Crippen molar-refractivity contribution in [3.8, 4) is 0 Å².